The van der Waals surface area contributed by atoms with Crippen LogP contribution in [0.3, 0.4) is 0 Å². The summed E-state index contributed by atoms with van der Waals surface area (Å²) in [5.41, 5.74) is 10.3. The lowest BCUT2D eigenvalue weighted by Crippen LogP contribution is -2.48. The molecule has 0 spiro atoms. The van der Waals surface area contributed by atoms with Gasteiger partial charge in [0.05, 0.1) is 5.69 Å². The van der Waals surface area contributed by atoms with Crippen molar-refractivity contribution in [3.05, 3.63) is 59.2 Å². The van der Waals surface area contributed by atoms with Crippen molar-refractivity contribution in [2.75, 3.05) is 30.3 Å². The summed E-state index contributed by atoms with van der Waals surface area (Å²) in [4.78, 5) is 41.5. The fraction of sp³-hybridized carbons (Fsp3) is 0.483. The van der Waals surface area contributed by atoms with Crippen molar-refractivity contribution in [2.45, 2.75) is 68.7 Å². The average Bonchev–Trinajstić information content (AvgIpc) is 3.06. The first-order valence-corrected chi connectivity index (χ1v) is 14.4. The summed E-state index contributed by atoms with van der Waals surface area (Å²) in [6.07, 6.45) is 6.99. The summed E-state index contributed by atoms with van der Waals surface area (Å²) in [6, 6.07) is 13.7. The molecule has 0 radical (unpaired) electrons. The van der Waals surface area contributed by atoms with Crippen molar-refractivity contribution in [3.8, 4) is 0 Å². The van der Waals surface area contributed by atoms with E-state index in [2.05, 4.69) is 28.8 Å². The van der Waals surface area contributed by atoms with E-state index < -0.39 is 6.04 Å². The second-order valence-corrected chi connectivity index (χ2v) is 10.9. The van der Waals surface area contributed by atoms with Crippen molar-refractivity contribution in [2.24, 2.45) is 5.73 Å². The number of nitrogens with one attached hydrogen (secondary N) is 2. The van der Waals surface area contributed by atoms with E-state index in [9.17, 15) is 14.4 Å². The van der Waals surface area contributed by atoms with Gasteiger partial charge in [-0.15, -0.1) is 11.8 Å². The SMILES string of the molecule is NCCCNC(=O)C(Cc1ccc2c(c1)CCCC2)NC(=O)CCCN1C(=O)CCSc2ccccc21. The van der Waals surface area contributed by atoms with Crippen molar-refractivity contribution in [1.82, 2.24) is 10.6 Å². The largest absolute Gasteiger partial charge is 0.354 e. The molecule has 2 aliphatic rings. The van der Waals surface area contributed by atoms with Gasteiger partial charge in [0.15, 0.2) is 0 Å². The Kier molecular flexibility index (Phi) is 10.0. The van der Waals surface area contributed by atoms with Gasteiger partial charge in [0.1, 0.15) is 6.04 Å². The monoisotopic (exact) mass is 522 g/mol. The first-order chi connectivity index (χ1) is 18.0. The van der Waals surface area contributed by atoms with Gasteiger partial charge >= 0.3 is 0 Å². The number of rotatable bonds is 11. The van der Waals surface area contributed by atoms with Gasteiger partial charge in [-0.1, -0.05) is 30.3 Å². The summed E-state index contributed by atoms with van der Waals surface area (Å²) < 4.78 is 0. The topological polar surface area (TPSA) is 105 Å². The van der Waals surface area contributed by atoms with Gasteiger partial charge in [-0.25, -0.2) is 0 Å². The lowest BCUT2D eigenvalue weighted by atomic mass is 9.89. The Morgan fingerprint density at radius 3 is 2.68 bits per heavy atom. The molecule has 3 amide bonds. The van der Waals surface area contributed by atoms with Crippen molar-refractivity contribution < 1.29 is 14.4 Å². The summed E-state index contributed by atoms with van der Waals surface area (Å²) in [7, 11) is 0. The van der Waals surface area contributed by atoms with Crippen LogP contribution in [0, 0.1) is 0 Å². The number of fused-ring (bicyclic) bond motifs is 2. The van der Waals surface area contributed by atoms with E-state index in [1.165, 1.54) is 24.0 Å². The number of aryl methyl sites for hydroxylation is 2. The van der Waals surface area contributed by atoms with Crippen LogP contribution in [0.2, 0.25) is 0 Å². The maximum absolute atomic E-state index is 13.0. The number of para-hydroxylation sites is 1. The number of benzene rings is 2. The summed E-state index contributed by atoms with van der Waals surface area (Å²) in [5, 5.41) is 5.88. The van der Waals surface area contributed by atoms with Crippen LogP contribution >= 0.6 is 11.8 Å². The molecule has 37 heavy (non-hydrogen) atoms. The van der Waals surface area contributed by atoms with Crippen molar-refractivity contribution >= 4 is 35.2 Å². The molecule has 4 N–H and O–H groups in total. The Morgan fingerprint density at radius 1 is 1.03 bits per heavy atom. The summed E-state index contributed by atoms with van der Waals surface area (Å²) >= 11 is 1.69. The fourth-order valence-corrected chi connectivity index (χ4v) is 6.02. The van der Waals surface area contributed by atoms with Gasteiger partial charge < -0.3 is 21.3 Å². The van der Waals surface area contributed by atoms with Gasteiger partial charge in [0, 0.05) is 43.0 Å². The number of hydrogen-bond donors (Lipinski definition) is 3. The van der Waals surface area contributed by atoms with Gasteiger partial charge in [-0.2, -0.15) is 0 Å². The number of nitrogens with two attached hydrogens (primary N) is 1. The van der Waals surface area contributed by atoms with Crippen molar-refractivity contribution in [3.63, 3.8) is 0 Å². The maximum atomic E-state index is 13.0. The minimum Gasteiger partial charge on any atom is -0.354 e. The third-order valence-corrected chi connectivity index (χ3v) is 8.07. The number of carbonyl (C=O) groups is 3. The van der Waals surface area contributed by atoms with Crippen LogP contribution in [-0.4, -0.2) is 49.2 Å². The number of thioether (sulfide) groups is 1. The zero-order valence-electron chi connectivity index (χ0n) is 21.5. The Balaban J connectivity index is 1.37. The Bertz CT molecular complexity index is 1110. The van der Waals surface area contributed by atoms with E-state index in [-0.39, 0.29) is 24.1 Å². The van der Waals surface area contributed by atoms with Crippen LogP contribution in [-0.2, 0) is 33.6 Å². The van der Waals surface area contributed by atoms with E-state index in [0.29, 0.717) is 45.3 Å². The summed E-state index contributed by atoms with van der Waals surface area (Å²) in [6.45, 7) is 1.46. The molecule has 0 saturated carbocycles. The Morgan fingerprint density at radius 2 is 1.84 bits per heavy atom. The van der Waals surface area contributed by atoms with Gasteiger partial charge in [0.2, 0.25) is 17.7 Å². The molecule has 1 aliphatic carbocycles. The highest BCUT2D eigenvalue weighted by Crippen LogP contribution is 2.34. The third kappa shape index (κ3) is 7.58. The number of carbonyl (C=O) groups excluding carboxylic acids is 3. The molecule has 0 saturated heterocycles. The highest BCUT2D eigenvalue weighted by atomic mass is 32.2. The Labute approximate surface area is 223 Å². The molecule has 0 bridgehead atoms. The number of hydrogen-bond acceptors (Lipinski definition) is 5. The zero-order chi connectivity index (χ0) is 26.0. The predicted molar refractivity (Wildman–Crippen MR) is 149 cm³/mol. The first kappa shape index (κ1) is 27.2. The molecular weight excluding hydrogens is 484 g/mol. The van der Waals surface area contributed by atoms with Crippen molar-refractivity contribution in [1.29, 1.82) is 0 Å². The van der Waals surface area contributed by atoms with Crippen LogP contribution < -0.4 is 21.3 Å². The summed E-state index contributed by atoms with van der Waals surface area (Å²) in [5.74, 6) is 0.480. The molecule has 2 aromatic rings. The molecule has 1 unspecified atom stereocenters. The molecule has 8 heteroatoms. The molecule has 1 atom stereocenters. The molecule has 1 aliphatic heterocycles. The van der Waals surface area contributed by atoms with E-state index in [0.717, 1.165) is 34.7 Å². The van der Waals surface area contributed by atoms with Gasteiger partial charge in [-0.05, 0) is 73.9 Å². The number of nitrogens with zero attached hydrogens (tertiary/aromatic N) is 1. The van der Waals surface area contributed by atoms with Gasteiger partial charge in [0.25, 0.3) is 0 Å². The minimum atomic E-state index is -0.649. The van der Waals surface area contributed by atoms with Crippen LogP contribution in [0.5, 0.6) is 0 Å². The molecule has 2 aromatic carbocycles. The third-order valence-electron chi connectivity index (χ3n) is 7.00. The molecule has 198 valence electrons. The molecule has 0 aromatic heterocycles. The average molecular weight is 523 g/mol. The minimum absolute atomic E-state index is 0.0856. The fourth-order valence-electron chi connectivity index (χ4n) is 5.02. The lowest BCUT2D eigenvalue weighted by Gasteiger charge is -2.23. The maximum Gasteiger partial charge on any atom is 0.242 e. The Hall–Kier alpha value is -2.84. The van der Waals surface area contributed by atoms with E-state index in [1.54, 1.807) is 16.7 Å². The van der Waals surface area contributed by atoms with Crippen LogP contribution in [0.25, 0.3) is 0 Å². The van der Waals surface area contributed by atoms with E-state index in [4.69, 9.17) is 5.73 Å². The van der Waals surface area contributed by atoms with Gasteiger partial charge in [-0.3, -0.25) is 14.4 Å². The molecule has 4 rings (SSSR count). The lowest BCUT2D eigenvalue weighted by molar-refractivity contribution is -0.129. The first-order valence-electron chi connectivity index (χ1n) is 13.4. The van der Waals surface area contributed by atoms with E-state index in [1.807, 2.05) is 24.3 Å². The second-order valence-electron chi connectivity index (χ2n) is 9.78. The second kappa shape index (κ2) is 13.6. The van der Waals surface area contributed by atoms with E-state index >= 15 is 0 Å². The standard InChI is InChI=1S/C29H38N4O3S/c30-15-6-16-31-29(36)24(20-21-12-13-22-7-1-2-8-23(22)19-21)32-27(34)11-5-17-33-25-9-3-4-10-26(25)37-18-14-28(33)35/h3-4,9-10,12-13,19,24H,1-2,5-8,11,14-18,20,30H2,(H,31,36)(H,32,34). The van der Waals surface area contributed by atoms with Crippen LogP contribution in [0.1, 0.15) is 55.2 Å². The molecular formula is C29H38N4O3S. The zero-order valence-corrected chi connectivity index (χ0v) is 22.3. The number of amides is 3. The molecule has 1 heterocycles. The highest BCUT2D eigenvalue weighted by Gasteiger charge is 2.24. The number of anilines is 1. The molecule has 0 fully saturated rings. The van der Waals surface area contributed by atoms with Crippen LogP contribution in [0.4, 0.5) is 5.69 Å². The van der Waals surface area contributed by atoms with Crippen LogP contribution in [0.15, 0.2) is 47.4 Å². The quantitative estimate of drug-likeness (QED) is 0.393. The molecule has 7 nitrogen and oxygen atoms in total. The highest BCUT2D eigenvalue weighted by molar-refractivity contribution is 7.99. The normalized spacial score (nSPS) is 15.8. The smallest absolute Gasteiger partial charge is 0.242 e. The predicted octanol–water partition coefficient (Wildman–Crippen LogP) is 3.37.